The van der Waals surface area contributed by atoms with Crippen LogP contribution < -0.4 is 0 Å². The van der Waals surface area contributed by atoms with E-state index in [1.165, 1.54) is 11.6 Å². The molecule has 0 aromatic heterocycles. The molecule has 2 nitrogen and oxygen atoms in total. The van der Waals surface area contributed by atoms with E-state index in [-0.39, 0.29) is 11.0 Å². The molecule has 0 fully saturated rings. The molecule has 0 aliphatic rings. The lowest BCUT2D eigenvalue weighted by Crippen LogP contribution is -2.10. The first-order valence-corrected chi connectivity index (χ1v) is 6.80. The van der Waals surface area contributed by atoms with Gasteiger partial charge in [0.25, 0.3) is 0 Å². The highest BCUT2D eigenvalue weighted by atomic mass is 35.5. The van der Waals surface area contributed by atoms with Gasteiger partial charge in [-0.05, 0) is 34.7 Å². The standard InChI is InChI=1S/C17H17ClO2/c1-17(2,3)13-7-4-11(5-8-13)14-10-12(16(19)20)6-9-15(14)18/h4-10H,1-3H3,(H,19,20). The molecule has 3 heteroatoms. The molecule has 0 amide bonds. The van der Waals surface area contributed by atoms with Gasteiger partial charge in [0.05, 0.1) is 5.56 Å². The van der Waals surface area contributed by atoms with Gasteiger partial charge in [-0.15, -0.1) is 0 Å². The zero-order valence-electron chi connectivity index (χ0n) is 11.8. The summed E-state index contributed by atoms with van der Waals surface area (Å²) in [6, 6.07) is 12.8. The summed E-state index contributed by atoms with van der Waals surface area (Å²) in [5.41, 5.74) is 3.22. The largest absolute Gasteiger partial charge is 0.478 e. The summed E-state index contributed by atoms with van der Waals surface area (Å²) in [7, 11) is 0. The molecule has 0 atom stereocenters. The third-order valence-corrected chi connectivity index (χ3v) is 3.60. The minimum absolute atomic E-state index is 0.0885. The molecule has 0 aliphatic heterocycles. The number of carboxylic acids is 1. The lowest BCUT2D eigenvalue weighted by atomic mass is 9.86. The van der Waals surface area contributed by atoms with Crippen LogP contribution in [0.4, 0.5) is 0 Å². The number of halogens is 1. The van der Waals surface area contributed by atoms with E-state index < -0.39 is 5.97 Å². The molecule has 2 aromatic rings. The van der Waals surface area contributed by atoms with E-state index in [2.05, 4.69) is 32.9 Å². The monoisotopic (exact) mass is 288 g/mol. The molecule has 0 saturated heterocycles. The highest BCUT2D eigenvalue weighted by molar-refractivity contribution is 6.33. The van der Waals surface area contributed by atoms with Gasteiger partial charge in [-0.3, -0.25) is 0 Å². The predicted octanol–water partition coefficient (Wildman–Crippen LogP) is 5.00. The van der Waals surface area contributed by atoms with Crippen LogP contribution in [-0.2, 0) is 5.41 Å². The highest BCUT2D eigenvalue weighted by Crippen LogP contribution is 2.31. The third-order valence-electron chi connectivity index (χ3n) is 3.28. The molecular weight excluding hydrogens is 272 g/mol. The van der Waals surface area contributed by atoms with Gasteiger partial charge in [-0.2, -0.15) is 0 Å². The number of hydrogen-bond acceptors (Lipinski definition) is 1. The van der Waals surface area contributed by atoms with Gasteiger partial charge in [-0.1, -0.05) is 56.6 Å². The normalized spacial score (nSPS) is 11.4. The Balaban J connectivity index is 2.46. The van der Waals surface area contributed by atoms with Crippen molar-refractivity contribution in [2.45, 2.75) is 26.2 Å². The van der Waals surface area contributed by atoms with Gasteiger partial charge in [-0.25, -0.2) is 4.79 Å². The molecule has 1 N–H and O–H groups in total. The maximum atomic E-state index is 11.0. The van der Waals surface area contributed by atoms with E-state index in [1.807, 2.05) is 12.1 Å². The van der Waals surface area contributed by atoms with Crippen LogP contribution in [0.3, 0.4) is 0 Å². The van der Waals surface area contributed by atoms with Gasteiger partial charge in [0.15, 0.2) is 0 Å². The van der Waals surface area contributed by atoms with Crippen LogP contribution in [0.5, 0.6) is 0 Å². The number of carbonyl (C=O) groups is 1. The fourth-order valence-corrected chi connectivity index (χ4v) is 2.26. The Hall–Kier alpha value is -1.80. The Labute approximate surface area is 124 Å². The van der Waals surface area contributed by atoms with E-state index >= 15 is 0 Å². The predicted molar refractivity (Wildman–Crippen MR) is 82.5 cm³/mol. The van der Waals surface area contributed by atoms with E-state index in [0.29, 0.717) is 5.02 Å². The number of hydrogen-bond donors (Lipinski definition) is 1. The molecule has 2 aromatic carbocycles. The zero-order valence-corrected chi connectivity index (χ0v) is 12.5. The molecule has 0 heterocycles. The van der Waals surface area contributed by atoms with Gasteiger partial charge in [0.2, 0.25) is 0 Å². The number of aromatic carboxylic acids is 1. The lowest BCUT2D eigenvalue weighted by molar-refractivity contribution is 0.0697. The van der Waals surface area contributed by atoms with Crippen LogP contribution in [-0.4, -0.2) is 11.1 Å². The second-order valence-electron chi connectivity index (χ2n) is 5.83. The Morgan fingerprint density at radius 1 is 1.05 bits per heavy atom. The lowest BCUT2D eigenvalue weighted by Gasteiger charge is -2.19. The smallest absolute Gasteiger partial charge is 0.335 e. The number of carboxylic acid groups (broad SMARTS) is 1. The third kappa shape index (κ3) is 3.02. The van der Waals surface area contributed by atoms with Crippen molar-refractivity contribution in [1.82, 2.24) is 0 Å². The minimum Gasteiger partial charge on any atom is -0.478 e. The Morgan fingerprint density at radius 2 is 1.65 bits per heavy atom. The summed E-state index contributed by atoms with van der Waals surface area (Å²) in [6.07, 6.45) is 0. The quantitative estimate of drug-likeness (QED) is 0.844. The van der Waals surface area contributed by atoms with Crippen molar-refractivity contribution in [1.29, 1.82) is 0 Å². The molecule has 20 heavy (non-hydrogen) atoms. The van der Waals surface area contributed by atoms with Crippen LogP contribution in [0.15, 0.2) is 42.5 Å². The van der Waals surface area contributed by atoms with Crippen LogP contribution in [0.25, 0.3) is 11.1 Å². The first-order valence-electron chi connectivity index (χ1n) is 6.43. The average molecular weight is 289 g/mol. The first kappa shape index (κ1) is 14.6. The summed E-state index contributed by atoms with van der Waals surface area (Å²) in [4.78, 5) is 11.0. The fourth-order valence-electron chi connectivity index (χ4n) is 2.03. The molecule has 2 rings (SSSR count). The molecule has 0 spiro atoms. The van der Waals surface area contributed by atoms with Crippen molar-refractivity contribution in [3.05, 3.63) is 58.6 Å². The summed E-state index contributed by atoms with van der Waals surface area (Å²) < 4.78 is 0. The van der Waals surface area contributed by atoms with Gasteiger partial charge < -0.3 is 5.11 Å². The summed E-state index contributed by atoms with van der Waals surface area (Å²) >= 11 is 6.17. The molecule has 104 valence electrons. The zero-order chi connectivity index (χ0) is 14.9. The maximum Gasteiger partial charge on any atom is 0.335 e. The van der Waals surface area contributed by atoms with E-state index in [1.54, 1.807) is 12.1 Å². The SMILES string of the molecule is CC(C)(C)c1ccc(-c2cc(C(=O)O)ccc2Cl)cc1. The molecule has 0 unspecified atom stereocenters. The van der Waals surface area contributed by atoms with Crippen molar-refractivity contribution >= 4 is 17.6 Å². The van der Waals surface area contributed by atoms with Crippen molar-refractivity contribution in [2.75, 3.05) is 0 Å². The van der Waals surface area contributed by atoms with E-state index in [0.717, 1.165) is 11.1 Å². The van der Waals surface area contributed by atoms with Crippen LogP contribution in [0.2, 0.25) is 5.02 Å². The van der Waals surface area contributed by atoms with Crippen molar-refractivity contribution in [3.63, 3.8) is 0 Å². The Morgan fingerprint density at radius 3 is 2.15 bits per heavy atom. The molecule has 0 aliphatic carbocycles. The van der Waals surface area contributed by atoms with Crippen molar-refractivity contribution < 1.29 is 9.90 Å². The maximum absolute atomic E-state index is 11.0. The van der Waals surface area contributed by atoms with Crippen molar-refractivity contribution in [2.24, 2.45) is 0 Å². The molecule has 0 radical (unpaired) electrons. The fraction of sp³-hybridized carbons (Fsp3) is 0.235. The molecule has 0 saturated carbocycles. The Bertz CT molecular complexity index is 637. The number of benzene rings is 2. The minimum atomic E-state index is -0.950. The summed E-state index contributed by atoms with van der Waals surface area (Å²) in [5.74, 6) is -0.950. The summed E-state index contributed by atoms with van der Waals surface area (Å²) in [6.45, 7) is 6.46. The van der Waals surface area contributed by atoms with Crippen molar-refractivity contribution in [3.8, 4) is 11.1 Å². The first-order chi connectivity index (χ1) is 9.29. The van der Waals surface area contributed by atoms with Gasteiger partial charge in [0, 0.05) is 10.6 Å². The van der Waals surface area contributed by atoms with Crippen LogP contribution in [0.1, 0.15) is 36.7 Å². The second-order valence-corrected chi connectivity index (χ2v) is 6.23. The van der Waals surface area contributed by atoms with Gasteiger partial charge in [0.1, 0.15) is 0 Å². The van der Waals surface area contributed by atoms with Crippen LogP contribution in [0, 0.1) is 0 Å². The van der Waals surface area contributed by atoms with Crippen LogP contribution >= 0.6 is 11.6 Å². The van der Waals surface area contributed by atoms with E-state index in [4.69, 9.17) is 16.7 Å². The summed E-state index contributed by atoms with van der Waals surface area (Å²) in [5, 5.41) is 9.61. The second kappa shape index (κ2) is 5.29. The molecule has 0 bridgehead atoms. The molecular formula is C17H17ClO2. The average Bonchev–Trinajstić information content (AvgIpc) is 2.38. The van der Waals surface area contributed by atoms with Gasteiger partial charge >= 0.3 is 5.97 Å². The highest BCUT2D eigenvalue weighted by Gasteiger charge is 2.14. The van der Waals surface area contributed by atoms with E-state index in [9.17, 15) is 4.79 Å². The number of rotatable bonds is 2. The Kier molecular flexibility index (Phi) is 3.87. The topological polar surface area (TPSA) is 37.3 Å².